The molecule has 0 saturated carbocycles. The summed E-state index contributed by atoms with van der Waals surface area (Å²) in [7, 11) is 0. The van der Waals surface area contributed by atoms with Crippen molar-refractivity contribution >= 4 is 33.8 Å². The van der Waals surface area contributed by atoms with Crippen molar-refractivity contribution in [1.82, 2.24) is 4.90 Å². The number of carboxylic acid groups (broad SMARTS) is 1. The first kappa shape index (κ1) is 21.7. The van der Waals surface area contributed by atoms with Gasteiger partial charge in [0.1, 0.15) is 23.0 Å². The predicted molar refractivity (Wildman–Crippen MR) is 124 cm³/mol. The summed E-state index contributed by atoms with van der Waals surface area (Å²) in [6.07, 6.45) is 6.59. The van der Waals surface area contributed by atoms with Gasteiger partial charge in [0.15, 0.2) is 0 Å². The Bertz CT molecular complexity index is 1330. The standard InChI is InChI=1S/C26H29NO6/c1-14-16(10-11-22(28)27-12-6-5-8-20(27)25(29)30)26(31)33-23-15(2)24-19(13-18(14)23)17-7-3-4-9-21(17)32-24/h13,20H,3-12H2,1-2H3,(H,29,30). The third-order valence-corrected chi connectivity index (χ3v) is 7.42. The van der Waals surface area contributed by atoms with Crippen LogP contribution in [0.15, 0.2) is 19.7 Å². The number of furan rings is 1. The Labute approximate surface area is 191 Å². The summed E-state index contributed by atoms with van der Waals surface area (Å²) in [6.45, 7) is 4.27. The van der Waals surface area contributed by atoms with E-state index in [1.165, 1.54) is 10.5 Å². The molecule has 5 rings (SSSR count). The van der Waals surface area contributed by atoms with Crippen molar-refractivity contribution in [2.75, 3.05) is 6.54 Å². The van der Waals surface area contributed by atoms with Crippen molar-refractivity contribution in [2.24, 2.45) is 0 Å². The van der Waals surface area contributed by atoms with Crippen molar-refractivity contribution in [3.8, 4) is 0 Å². The molecule has 1 atom stereocenters. The molecule has 7 heteroatoms. The Morgan fingerprint density at radius 1 is 1.03 bits per heavy atom. The first-order valence-electron chi connectivity index (χ1n) is 11.9. The highest BCUT2D eigenvalue weighted by molar-refractivity contribution is 6.00. The summed E-state index contributed by atoms with van der Waals surface area (Å²) >= 11 is 0. The van der Waals surface area contributed by atoms with Crippen LogP contribution in [0.2, 0.25) is 0 Å². The number of amides is 1. The number of likely N-dealkylation sites (tertiary alicyclic amines) is 1. The van der Waals surface area contributed by atoms with E-state index in [-0.39, 0.29) is 18.7 Å². The third kappa shape index (κ3) is 3.63. The molecule has 0 radical (unpaired) electrons. The van der Waals surface area contributed by atoms with Crippen LogP contribution in [0.4, 0.5) is 0 Å². The normalized spacial score (nSPS) is 18.6. The summed E-state index contributed by atoms with van der Waals surface area (Å²) in [6, 6.07) is 1.29. The highest BCUT2D eigenvalue weighted by Crippen LogP contribution is 2.38. The van der Waals surface area contributed by atoms with Crippen LogP contribution >= 0.6 is 0 Å². The largest absolute Gasteiger partial charge is 0.480 e. The lowest BCUT2D eigenvalue weighted by Crippen LogP contribution is -2.48. The molecule has 174 valence electrons. The number of nitrogens with zero attached hydrogens (tertiary/aromatic N) is 1. The minimum absolute atomic E-state index is 0.0865. The van der Waals surface area contributed by atoms with Crippen LogP contribution < -0.4 is 5.63 Å². The van der Waals surface area contributed by atoms with E-state index in [1.807, 2.05) is 13.8 Å². The molecule has 1 saturated heterocycles. The van der Waals surface area contributed by atoms with Gasteiger partial charge in [0.2, 0.25) is 5.91 Å². The lowest BCUT2D eigenvalue weighted by molar-refractivity contribution is -0.152. The van der Waals surface area contributed by atoms with Gasteiger partial charge < -0.3 is 18.8 Å². The van der Waals surface area contributed by atoms with Crippen molar-refractivity contribution in [3.63, 3.8) is 0 Å². The fourth-order valence-electron chi connectivity index (χ4n) is 5.57. The summed E-state index contributed by atoms with van der Waals surface area (Å²) in [5, 5.41) is 11.4. The zero-order valence-electron chi connectivity index (χ0n) is 19.2. The molecule has 1 N–H and O–H groups in total. The maximum Gasteiger partial charge on any atom is 0.339 e. The fraction of sp³-hybridized carbons (Fsp3) is 0.500. The van der Waals surface area contributed by atoms with Gasteiger partial charge in [0, 0.05) is 46.8 Å². The van der Waals surface area contributed by atoms with Gasteiger partial charge in [-0.25, -0.2) is 9.59 Å². The molecule has 1 aliphatic carbocycles. The van der Waals surface area contributed by atoms with Crippen LogP contribution in [0.25, 0.3) is 21.9 Å². The van der Waals surface area contributed by atoms with Gasteiger partial charge in [0.05, 0.1) is 0 Å². The Kier molecular flexibility index (Phi) is 5.51. The van der Waals surface area contributed by atoms with E-state index in [0.29, 0.717) is 24.1 Å². The molecule has 3 heterocycles. The van der Waals surface area contributed by atoms with E-state index in [4.69, 9.17) is 8.83 Å². The Hall–Kier alpha value is -3.09. The van der Waals surface area contributed by atoms with Crippen LogP contribution in [-0.2, 0) is 28.9 Å². The van der Waals surface area contributed by atoms with E-state index < -0.39 is 17.6 Å². The Morgan fingerprint density at radius 2 is 1.79 bits per heavy atom. The number of carboxylic acids is 1. The molecule has 1 amide bonds. The number of benzene rings is 1. The Balaban J connectivity index is 1.50. The number of carbonyl (C=O) groups is 2. The molecule has 3 aromatic rings. The smallest absolute Gasteiger partial charge is 0.339 e. The molecule has 1 aliphatic heterocycles. The molecule has 1 unspecified atom stereocenters. The zero-order valence-corrected chi connectivity index (χ0v) is 19.2. The summed E-state index contributed by atoms with van der Waals surface area (Å²) in [4.78, 5) is 38.7. The molecule has 1 aromatic carbocycles. The number of hydrogen-bond donors (Lipinski definition) is 1. The molecule has 2 aromatic heterocycles. The highest BCUT2D eigenvalue weighted by atomic mass is 16.4. The number of carbonyl (C=O) groups excluding carboxylic acids is 1. The van der Waals surface area contributed by atoms with Crippen molar-refractivity contribution in [2.45, 2.75) is 77.7 Å². The average Bonchev–Trinajstić information content (AvgIpc) is 3.19. The number of piperidine rings is 1. The molecular formula is C26H29NO6. The monoisotopic (exact) mass is 451 g/mol. The van der Waals surface area contributed by atoms with Gasteiger partial charge in [-0.1, -0.05) is 0 Å². The van der Waals surface area contributed by atoms with Crippen molar-refractivity contribution in [1.29, 1.82) is 0 Å². The predicted octanol–water partition coefficient (Wildman–Crippen LogP) is 4.43. The summed E-state index contributed by atoms with van der Waals surface area (Å²) < 4.78 is 11.9. The first-order valence-corrected chi connectivity index (χ1v) is 11.9. The number of hydrogen-bond acceptors (Lipinski definition) is 5. The summed E-state index contributed by atoms with van der Waals surface area (Å²) in [5.41, 5.74) is 4.28. The zero-order chi connectivity index (χ0) is 23.3. The molecule has 2 aliphatic rings. The molecule has 1 fully saturated rings. The van der Waals surface area contributed by atoms with Crippen LogP contribution in [0.3, 0.4) is 0 Å². The average molecular weight is 452 g/mol. The second-order valence-electron chi connectivity index (χ2n) is 9.40. The maximum atomic E-state index is 12.9. The fourth-order valence-corrected chi connectivity index (χ4v) is 5.57. The van der Waals surface area contributed by atoms with E-state index in [2.05, 4.69) is 6.07 Å². The number of fused-ring (bicyclic) bond motifs is 4. The van der Waals surface area contributed by atoms with Crippen LogP contribution in [0.1, 0.15) is 66.5 Å². The Morgan fingerprint density at radius 3 is 2.58 bits per heavy atom. The van der Waals surface area contributed by atoms with Crippen molar-refractivity contribution < 1.29 is 23.5 Å². The molecule has 0 bridgehead atoms. The second-order valence-corrected chi connectivity index (χ2v) is 9.40. The van der Waals surface area contributed by atoms with E-state index >= 15 is 0 Å². The first-order chi connectivity index (χ1) is 15.9. The SMILES string of the molecule is Cc1c(CCC(=O)N2CCCCC2C(=O)O)c(=O)oc2c(C)c3oc4c(c3cc12)CCCC4. The van der Waals surface area contributed by atoms with E-state index in [1.54, 1.807) is 0 Å². The summed E-state index contributed by atoms with van der Waals surface area (Å²) in [5.74, 6) is -0.154. The van der Waals surface area contributed by atoms with Gasteiger partial charge in [0.25, 0.3) is 0 Å². The van der Waals surface area contributed by atoms with E-state index in [9.17, 15) is 19.5 Å². The second kappa shape index (κ2) is 8.36. The van der Waals surface area contributed by atoms with Gasteiger partial charge in [-0.3, -0.25) is 4.79 Å². The number of aliphatic carboxylic acids is 1. The molecule has 33 heavy (non-hydrogen) atoms. The van der Waals surface area contributed by atoms with Gasteiger partial charge in [-0.05, 0) is 70.4 Å². The van der Waals surface area contributed by atoms with Crippen molar-refractivity contribution in [3.05, 3.63) is 44.5 Å². The van der Waals surface area contributed by atoms with E-state index in [0.717, 1.165) is 71.8 Å². The molecular weight excluding hydrogens is 422 g/mol. The van der Waals surface area contributed by atoms with Crippen LogP contribution in [-0.4, -0.2) is 34.5 Å². The highest BCUT2D eigenvalue weighted by Gasteiger charge is 2.32. The molecule has 0 spiro atoms. The number of rotatable bonds is 4. The quantitative estimate of drug-likeness (QED) is 0.589. The number of aryl methyl sites for hydroxylation is 4. The van der Waals surface area contributed by atoms with Crippen LogP contribution in [0.5, 0.6) is 0 Å². The van der Waals surface area contributed by atoms with Gasteiger partial charge >= 0.3 is 11.6 Å². The van der Waals surface area contributed by atoms with Crippen LogP contribution in [0, 0.1) is 13.8 Å². The topological polar surface area (TPSA) is 101 Å². The maximum absolute atomic E-state index is 12.9. The minimum atomic E-state index is -0.965. The third-order valence-electron chi connectivity index (χ3n) is 7.42. The lowest BCUT2D eigenvalue weighted by atomic mass is 9.93. The lowest BCUT2D eigenvalue weighted by Gasteiger charge is -2.33. The van der Waals surface area contributed by atoms with Gasteiger partial charge in [-0.15, -0.1) is 0 Å². The minimum Gasteiger partial charge on any atom is -0.480 e. The van der Waals surface area contributed by atoms with Gasteiger partial charge in [-0.2, -0.15) is 0 Å². The molecule has 7 nitrogen and oxygen atoms in total.